The molecule has 0 fully saturated rings. The Morgan fingerprint density at radius 1 is 0.543 bits per heavy atom. The second kappa shape index (κ2) is 23.3. The van der Waals surface area contributed by atoms with E-state index in [0.717, 1.165) is 44.9 Å². The quantitative estimate of drug-likeness (QED) is 0.0716. The summed E-state index contributed by atoms with van der Waals surface area (Å²) in [5, 5.41) is 0. The van der Waals surface area contributed by atoms with E-state index in [4.69, 9.17) is 9.47 Å². The molecule has 0 N–H and O–H groups in total. The largest absolute Gasteiger partial charge is 0.422 e. The highest BCUT2D eigenvalue weighted by atomic mass is 16.7. The van der Waals surface area contributed by atoms with Gasteiger partial charge in [0.2, 0.25) is 0 Å². The number of esters is 2. The van der Waals surface area contributed by atoms with Gasteiger partial charge in [0.15, 0.2) is 0 Å². The van der Waals surface area contributed by atoms with Crippen LogP contribution in [-0.4, -0.2) is 17.7 Å². The van der Waals surface area contributed by atoms with Gasteiger partial charge in [-0.2, -0.15) is 0 Å². The molecule has 208 valence electrons. The van der Waals surface area contributed by atoms with Crippen LogP contribution in [-0.2, 0) is 19.1 Å². The van der Waals surface area contributed by atoms with E-state index in [2.05, 4.69) is 27.7 Å². The standard InChI is InChI=1S/C31H60O4/c1-6-11-13-15-17-19-21-23-26-29(32)34-31(10-5,28(9-4)25-8-3)35-30(33)27-24-22-20-18-16-14-12-7-2/h28H,6-27H2,1-5H3. The van der Waals surface area contributed by atoms with Crippen LogP contribution in [0, 0.1) is 5.92 Å². The van der Waals surface area contributed by atoms with Crippen LogP contribution in [0.3, 0.4) is 0 Å². The smallest absolute Gasteiger partial charge is 0.309 e. The number of unbranched alkanes of at least 4 members (excludes halogenated alkanes) is 14. The molecule has 0 saturated heterocycles. The Labute approximate surface area is 218 Å². The van der Waals surface area contributed by atoms with Gasteiger partial charge in [-0.1, -0.05) is 131 Å². The monoisotopic (exact) mass is 496 g/mol. The summed E-state index contributed by atoms with van der Waals surface area (Å²) in [4.78, 5) is 25.6. The van der Waals surface area contributed by atoms with Gasteiger partial charge in [-0.05, 0) is 25.7 Å². The molecule has 35 heavy (non-hydrogen) atoms. The van der Waals surface area contributed by atoms with Gasteiger partial charge in [-0.15, -0.1) is 0 Å². The first-order chi connectivity index (χ1) is 17.0. The number of rotatable bonds is 25. The van der Waals surface area contributed by atoms with Gasteiger partial charge in [0.1, 0.15) is 0 Å². The van der Waals surface area contributed by atoms with Crippen LogP contribution in [0.2, 0.25) is 0 Å². The summed E-state index contributed by atoms with van der Waals surface area (Å²) in [6.07, 6.45) is 23.1. The molecule has 0 saturated carbocycles. The summed E-state index contributed by atoms with van der Waals surface area (Å²) in [6.45, 7) is 10.7. The van der Waals surface area contributed by atoms with Crippen molar-refractivity contribution in [3.63, 3.8) is 0 Å². The van der Waals surface area contributed by atoms with E-state index < -0.39 is 5.79 Å². The average molecular weight is 497 g/mol. The second-order valence-electron chi connectivity index (χ2n) is 10.5. The highest BCUT2D eigenvalue weighted by molar-refractivity contribution is 5.72. The van der Waals surface area contributed by atoms with Crippen LogP contribution < -0.4 is 0 Å². The third-order valence-electron chi connectivity index (χ3n) is 7.29. The lowest BCUT2D eigenvalue weighted by Gasteiger charge is -2.38. The minimum Gasteiger partial charge on any atom is -0.422 e. The molecule has 0 rings (SSSR count). The lowest BCUT2D eigenvalue weighted by atomic mass is 9.88. The van der Waals surface area contributed by atoms with E-state index in [1.165, 1.54) is 77.0 Å². The highest BCUT2D eigenvalue weighted by Gasteiger charge is 2.43. The van der Waals surface area contributed by atoms with E-state index in [-0.39, 0.29) is 17.9 Å². The Balaban J connectivity index is 4.64. The molecule has 1 atom stereocenters. The fraction of sp³-hybridized carbons (Fsp3) is 0.935. The molecule has 0 aromatic rings. The number of ether oxygens (including phenoxy) is 2. The first kappa shape index (κ1) is 33.9. The van der Waals surface area contributed by atoms with Crippen molar-refractivity contribution in [3.8, 4) is 0 Å². The van der Waals surface area contributed by atoms with E-state index >= 15 is 0 Å². The summed E-state index contributed by atoms with van der Waals surface area (Å²) in [7, 11) is 0. The van der Waals surface area contributed by atoms with Gasteiger partial charge in [-0.25, -0.2) is 0 Å². The maximum Gasteiger partial charge on any atom is 0.309 e. The first-order valence-corrected chi connectivity index (χ1v) is 15.4. The second-order valence-corrected chi connectivity index (χ2v) is 10.5. The highest BCUT2D eigenvalue weighted by Crippen LogP contribution is 2.35. The SMILES string of the molecule is CCCCCCCCCCC(=O)OC(CC)(OC(=O)CCCCCCCCCC)C(CC)CCC. The molecule has 0 aromatic heterocycles. The van der Waals surface area contributed by atoms with Crippen molar-refractivity contribution in [1.82, 2.24) is 0 Å². The predicted octanol–water partition coefficient (Wildman–Crippen LogP) is 10.1. The third kappa shape index (κ3) is 17.1. The minimum absolute atomic E-state index is 0.0440. The van der Waals surface area contributed by atoms with Gasteiger partial charge >= 0.3 is 11.9 Å². The zero-order valence-electron chi connectivity index (χ0n) is 24.3. The van der Waals surface area contributed by atoms with Crippen LogP contribution >= 0.6 is 0 Å². The molecular formula is C31H60O4. The average Bonchev–Trinajstić information content (AvgIpc) is 2.85. The third-order valence-corrected chi connectivity index (χ3v) is 7.29. The van der Waals surface area contributed by atoms with Gasteiger partial charge in [0.25, 0.3) is 5.79 Å². The lowest BCUT2D eigenvalue weighted by molar-refractivity contribution is -0.251. The summed E-state index contributed by atoms with van der Waals surface area (Å²) >= 11 is 0. The zero-order valence-corrected chi connectivity index (χ0v) is 24.3. The molecule has 0 amide bonds. The van der Waals surface area contributed by atoms with Crippen molar-refractivity contribution >= 4 is 11.9 Å². The first-order valence-electron chi connectivity index (χ1n) is 15.4. The molecule has 4 nitrogen and oxygen atoms in total. The van der Waals surface area contributed by atoms with Crippen molar-refractivity contribution in [2.24, 2.45) is 5.92 Å². The molecule has 0 aliphatic rings. The number of carbonyl (C=O) groups is 2. The molecule has 4 heteroatoms. The molecule has 0 aromatic carbocycles. The molecule has 0 bridgehead atoms. The van der Waals surface area contributed by atoms with Crippen molar-refractivity contribution in [2.75, 3.05) is 0 Å². The van der Waals surface area contributed by atoms with Crippen LogP contribution in [0.4, 0.5) is 0 Å². The molecule has 0 radical (unpaired) electrons. The fourth-order valence-electron chi connectivity index (χ4n) is 5.00. The Kier molecular flexibility index (Phi) is 22.6. The Bertz CT molecular complexity index is 468. The molecular weight excluding hydrogens is 436 g/mol. The zero-order chi connectivity index (χ0) is 26.2. The van der Waals surface area contributed by atoms with Crippen molar-refractivity contribution in [1.29, 1.82) is 0 Å². The van der Waals surface area contributed by atoms with E-state index in [9.17, 15) is 9.59 Å². The van der Waals surface area contributed by atoms with Crippen molar-refractivity contribution < 1.29 is 19.1 Å². The van der Waals surface area contributed by atoms with Crippen molar-refractivity contribution in [3.05, 3.63) is 0 Å². The molecule has 0 aliphatic carbocycles. The van der Waals surface area contributed by atoms with E-state index in [0.29, 0.717) is 19.3 Å². The number of carbonyl (C=O) groups excluding carboxylic acids is 2. The van der Waals surface area contributed by atoms with Gasteiger partial charge in [0.05, 0.1) is 0 Å². The molecule has 0 spiro atoms. The topological polar surface area (TPSA) is 52.6 Å². The predicted molar refractivity (Wildman–Crippen MR) is 148 cm³/mol. The Morgan fingerprint density at radius 3 is 1.23 bits per heavy atom. The normalized spacial score (nSPS) is 12.5. The van der Waals surface area contributed by atoms with Gasteiger partial charge < -0.3 is 9.47 Å². The summed E-state index contributed by atoms with van der Waals surface area (Å²) in [5.41, 5.74) is 0. The van der Waals surface area contributed by atoms with Crippen molar-refractivity contribution in [2.45, 2.75) is 182 Å². The van der Waals surface area contributed by atoms with Crippen LogP contribution in [0.5, 0.6) is 0 Å². The maximum atomic E-state index is 12.8. The summed E-state index contributed by atoms with van der Waals surface area (Å²) in [5.74, 6) is -1.50. The van der Waals surface area contributed by atoms with Gasteiger partial charge in [-0.3, -0.25) is 9.59 Å². The van der Waals surface area contributed by atoms with E-state index in [1.54, 1.807) is 0 Å². The Hall–Kier alpha value is -1.06. The van der Waals surface area contributed by atoms with Crippen LogP contribution in [0.1, 0.15) is 176 Å². The number of hydrogen-bond acceptors (Lipinski definition) is 4. The van der Waals surface area contributed by atoms with Gasteiger partial charge in [0, 0.05) is 25.2 Å². The Morgan fingerprint density at radius 2 is 0.914 bits per heavy atom. The fourth-order valence-corrected chi connectivity index (χ4v) is 5.00. The van der Waals surface area contributed by atoms with Crippen LogP contribution in [0.15, 0.2) is 0 Å². The maximum absolute atomic E-state index is 12.8. The minimum atomic E-state index is -1.11. The van der Waals surface area contributed by atoms with E-state index in [1.807, 2.05) is 6.92 Å². The van der Waals surface area contributed by atoms with Crippen LogP contribution in [0.25, 0.3) is 0 Å². The summed E-state index contributed by atoms with van der Waals surface area (Å²) in [6, 6.07) is 0. The number of hydrogen-bond donors (Lipinski definition) is 0. The molecule has 0 heterocycles. The summed E-state index contributed by atoms with van der Waals surface area (Å²) < 4.78 is 12.0. The molecule has 1 unspecified atom stereocenters. The molecule has 0 aliphatic heterocycles. The lowest BCUT2D eigenvalue weighted by Crippen LogP contribution is -2.46.